The van der Waals surface area contributed by atoms with Crippen LogP contribution >= 0.6 is 12.6 Å². The second kappa shape index (κ2) is 9.68. The molecule has 5 unspecified atom stereocenters. The van der Waals surface area contributed by atoms with Crippen molar-refractivity contribution in [2.24, 2.45) is 16.8 Å². The molecule has 144 valence electrons. The summed E-state index contributed by atoms with van der Waals surface area (Å²) in [5.41, 5.74) is 0.0990. The van der Waals surface area contributed by atoms with Crippen LogP contribution in [0.3, 0.4) is 0 Å². The van der Waals surface area contributed by atoms with Gasteiger partial charge in [0.15, 0.2) is 10.7 Å². The lowest BCUT2D eigenvalue weighted by atomic mass is 9.83. The van der Waals surface area contributed by atoms with Gasteiger partial charge in [-0.25, -0.2) is 0 Å². The van der Waals surface area contributed by atoms with Crippen LogP contribution < -0.4 is 0 Å². The third-order valence-electron chi connectivity index (χ3n) is 5.56. The van der Waals surface area contributed by atoms with E-state index in [9.17, 15) is 20.3 Å². The van der Waals surface area contributed by atoms with E-state index in [0.717, 1.165) is 31.4 Å². The summed E-state index contributed by atoms with van der Waals surface area (Å²) in [6.07, 6.45) is 9.27. The maximum Gasteiger partial charge on any atom is 0.185 e. The van der Waals surface area contributed by atoms with E-state index in [4.69, 9.17) is 0 Å². The molecule has 2 aliphatic rings. The molecule has 6 heteroatoms. The number of aliphatic imine (C=N–C) groups is 1. The first-order valence-electron chi connectivity index (χ1n) is 9.67. The maximum atomic E-state index is 11.0. The molecule has 0 aromatic heterocycles. The Kier molecular flexibility index (Phi) is 7.87. The van der Waals surface area contributed by atoms with Crippen LogP contribution in [-0.4, -0.2) is 38.8 Å². The van der Waals surface area contributed by atoms with E-state index in [1.807, 2.05) is 6.08 Å². The monoisotopic (exact) mass is 378 g/mol. The number of carbonyl (C=O) groups is 1. The molecule has 26 heavy (non-hydrogen) atoms. The van der Waals surface area contributed by atoms with Gasteiger partial charge in [0, 0.05) is 30.4 Å². The lowest BCUT2D eigenvalue weighted by Crippen LogP contribution is -2.27. The number of aliphatic hydroxyl groups is 2. The number of nitriles is 1. The second-order valence-electron chi connectivity index (χ2n) is 7.57. The van der Waals surface area contributed by atoms with Gasteiger partial charge in [-0.2, -0.15) is 5.26 Å². The minimum atomic E-state index is -0.859. The molecule has 0 bridgehead atoms. The summed E-state index contributed by atoms with van der Waals surface area (Å²) in [7, 11) is 0. The van der Waals surface area contributed by atoms with Crippen molar-refractivity contribution in [3.63, 3.8) is 0 Å². The average molecular weight is 379 g/mol. The number of nitrogens with zero attached hydrogens (tertiary/aromatic N) is 2. The number of fused-ring (bicyclic) bond motifs is 1. The molecule has 1 fully saturated rings. The fourth-order valence-electron chi connectivity index (χ4n) is 4.18. The van der Waals surface area contributed by atoms with Gasteiger partial charge >= 0.3 is 0 Å². The predicted octanol–water partition coefficient (Wildman–Crippen LogP) is 3.21. The van der Waals surface area contributed by atoms with Crippen molar-refractivity contribution in [2.45, 2.75) is 82.5 Å². The van der Waals surface area contributed by atoms with E-state index in [1.54, 1.807) is 6.08 Å². The van der Waals surface area contributed by atoms with Crippen LogP contribution in [-0.2, 0) is 4.79 Å². The van der Waals surface area contributed by atoms with Crippen LogP contribution in [0.25, 0.3) is 0 Å². The van der Waals surface area contributed by atoms with Crippen LogP contribution in [0.1, 0.15) is 64.7 Å². The van der Waals surface area contributed by atoms with Crippen LogP contribution in [0, 0.1) is 23.2 Å². The molecule has 5 nitrogen and oxygen atoms in total. The summed E-state index contributed by atoms with van der Waals surface area (Å²) in [6, 6.07) is 2.33. The fourth-order valence-corrected chi connectivity index (χ4v) is 4.34. The highest BCUT2D eigenvalue weighted by molar-refractivity contribution is 7.96. The molecular formula is C20H30N2O3S. The van der Waals surface area contributed by atoms with Crippen LogP contribution in [0.5, 0.6) is 0 Å². The van der Waals surface area contributed by atoms with Gasteiger partial charge in [0.1, 0.15) is 0 Å². The fraction of sp³-hybridized carbons (Fsp3) is 0.750. The Labute approximate surface area is 161 Å². The highest BCUT2D eigenvalue weighted by atomic mass is 32.1. The largest absolute Gasteiger partial charge is 0.392 e. The van der Waals surface area contributed by atoms with Gasteiger partial charge in [0.2, 0.25) is 0 Å². The highest BCUT2D eigenvalue weighted by Crippen LogP contribution is 2.49. The number of unbranched alkanes of at least 4 members (excludes halogenated alkanes) is 2. The molecule has 1 aliphatic carbocycles. The zero-order chi connectivity index (χ0) is 19.2. The van der Waals surface area contributed by atoms with Gasteiger partial charge in [0.05, 0.1) is 18.3 Å². The van der Waals surface area contributed by atoms with Crippen molar-refractivity contribution in [1.29, 1.82) is 5.26 Å². The zero-order valence-corrected chi connectivity index (χ0v) is 16.4. The molecular weight excluding hydrogens is 348 g/mol. The number of carbonyl (C=O) groups excluding carboxylic acids is 1. The maximum absolute atomic E-state index is 11.0. The Balaban J connectivity index is 1.99. The van der Waals surface area contributed by atoms with Crippen molar-refractivity contribution in [1.82, 2.24) is 0 Å². The molecule has 0 spiro atoms. The van der Waals surface area contributed by atoms with Crippen molar-refractivity contribution in [3.8, 4) is 6.07 Å². The molecule has 2 rings (SSSR count). The number of hydrogen-bond donors (Lipinski definition) is 3. The first kappa shape index (κ1) is 21.1. The Morgan fingerprint density at radius 2 is 2.27 bits per heavy atom. The normalized spacial score (nSPS) is 31.7. The molecule has 5 atom stereocenters. The Bertz CT molecular complexity index is 598. The van der Waals surface area contributed by atoms with Gasteiger partial charge in [-0.05, 0) is 25.7 Å². The lowest BCUT2D eigenvalue weighted by Gasteiger charge is -2.20. The SMILES string of the molecule is CCCCCC(O)/C=C/C1C(O)CC2(C#N)N=C(CCCC(=O)S)CC12. The van der Waals surface area contributed by atoms with Gasteiger partial charge in [-0.1, -0.05) is 38.3 Å². The van der Waals surface area contributed by atoms with Gasteiger partial charge in [0.25, 0.3) is 0 Å². The first-order chi connectivity index (χ1) is 12.4. The molecule has 0 radical (unpaired) electrons. The molecule has 1 heterocycles. The summed E-state index contributed by atoms with van der Waals surface area (Å²) < 4.78 is 0. The number of rotatable bonds is 10. The second-order valence-corrected chi connectivity index (χ2v) is 8.07. The summed E-state index contributed by atoms with van der Waals surface area (Å²) in [4.78, 5) is 15.6. The molecule has 0 saturated heterocycles. The number of thiol groups is 1. The Morgan fingerprint density at radius 3 is 2.92 bits per heavy atom. The molecule has 2 N–H and O–H groups in total. The van der Waals surface area contributed by atoms with Crippen molar-refractivity contribution >= 4 is 23.5 Å². The van der Waals surface area contributed by atoms with Crippen molar-refractivity contribution < 1.29 is 15.0 Å². The van der Waals surface area contributed by atoms with E-state index in [0.29, 0.717) is 32.1 Å². The van der Waals surface area contributed by atoms with Gasteiger partial charge < -0.3 is 10.2 Å². The van der Waals surface area contributed by atoms with E-state index in [-0.39, 0.29) is 17.0 Å². The standard InChI is InChI=1S/C20H30N2O3S/c1-2-3-4-7-15(23)9-10-16-17-11-14(6-5-8-19(25)26)22-20(17,13-21)12-18(16)24/h9-10,15-18,23-24H,2-8,11-12H2,1H3,(H,25,26)/b10-9+. The smallest absolute Gasteiger partial charge is 0.185 e. The molecule has 0 aromatic carbocycles. The third-order valence-corrected chi connectivity index (χ3v) is 5.79. The Hall–Kier alpha value is -1.16. The van der Waals surface area contributed by atoms with Crippen molar-refractivity contribution in [2.75, 3.05) is 0 Å². The highest BCUT2D eigenvalue weighted by Gasteiger charge is 2.56. The van der Waals surface area contributed by atoms with E-state index < -0.39 is 17.7 Å². The third kappa shape index (κ3) is 5.18. The minimum absolute atomic E-state index is 0.0525. The van der Waals surface area contributed by atoms with Crippen LogP contribution in [0.2, 0.25) is 0 Å². The Morgan fingerprint density at radius 1 is 1.50 bits per heavy atom. The lowest BCUT2D eigenvalue weighted by molar-refractivity contribution is -0.110. The van der Waals surface area contributed by atoms with E-state index in [2.05, 4.69) is 30.6 Å². The molecule has 1 saturated carbocycles. The van der Waals surface area contributed by atoms with Crippen molar-refractivity contribution in [3.05, 3.63) is 12.2 Å². The van der Waals surface area contributed by atoms with Gasteiger partial charge in [-0.3, -0.25) is 9.79 Å². The van der Waals surface area contributed by atoms with E-state index in [1.165, 1.54) is 0 Å². The molecule has 0 amide bonds. The number of aliphatic hydroxyl groups excluding tert-OH is 2. The number of hydrogen-bond acceptors (Lipinski definition) is 5. The van der Waals surface area contributed by atoms with Crippen LogP contribution in [0.4, 0.5) is 0 Å². The molecule has 0 aromatic rings. The topological polar surface area (TPSA) is 93.7 Å². The molecule has 1 aliphatic heterocycles. The summed E-state index contributed by atoms with van der Waals surface area (Å²) in [5.74, 6) is -0.216. The zero-order valence-electron chi connectivity index (χ0n) is 15.5. The summed E-state index contributed by atoms with van der Waals surface area (Å²) in [6.45, 7) is 2.13. The average Bonchev–Trinajstić information content (AvgIpc) is 3.05. The summed E-state index contributed by atoms with van der Waals surface area (Å²) in [5, 5.41) is 30.1. The first-order valence-corrected chi connectivity index (χ1v) is 10.1. The quantitative estimate of drug-likeness (QED) is 0.309. The minimum Gasteiger partial charge on any atom is -0.392 e. The van der Waals surface area contributed by atoms with E-state index >= 15 is 0 Å². The van der Waals surface area contributed by atoms with Crippen LogP contribution in [0.15, 0.2) is 17.1 Å². The summed E-state index contributed by atoms with van der Waals surface area (Å²) >= 11 is 3.78. The van der Waals surface area contributed by atoms with Gasteiger partial charge in [-0.15, -0.1) is 12.6 Å². The predicted molar refractivity (Wildman–Crippen MR) is 105 cm³/mol.